The number of aliphatic hydroxyl groups is 2. The Morgan fingerprint density at radius 1 is 0.920 bits per heavy atom. The molecule has 0 heterocycles. The first kappa shape index (κ1) is 35.9. The molecule has 0 saturated carbocycles. The van der Waals surface area contributed by atoms with Crippen LogP contribution in [0.2, 0.25) is 0 Å². The van der Waals surface area contributed by atoms with Gasteiger partial charge < -0.3 is 39.3 Å². The van der Waals surface area contributed by atoms with Gasteiger partial charge in [-0.15, -0.1) is 0 Å². The first-order chi connectivity index (χ1) is 10.9. The van der Waals surface area contributed by atoms with Crippen molar-refractivity contribution >= 4 is 25.7 Å². The van der Waals surface area contributed by atoms with Crippen molar-refractivity contribution in [2.75, 3.05) is 13.2 Å². The zero-order valence-electron chi connectivity index (χ0n) is 15.1. The van der Waals surface area contributed by atoms with Gasteiger partial charge in [-0.05, 0) is 32.6 Å². The average Bonchev–Trinajstić information content (AvgIpc) is 2.40. The molecule has 0 aliphatic carbocycles. The molecule has 0 aliphatic heterocycles. The quantitative estimate of drug-likeness (QED) is 0.205. The van der Waals surface area contributed by atoms with Gasteiger partial charge in [-0.1, -0.05) is 26.7 Å². The van der Waals surface area contributed by atoms with Crippen LogP contribution in [-0.2, 0) is 45.2 Å². The molecular formula is C14H30O9PZr-. The fraction of sp³-hybridized carbons (Fsp3) is 0.786. The van der Waals surface area contributed by atoms with E-state index in [1.807, 2.05) is 0 Å². The van der Waals surface area contributed by atoms with Crippen LogP contribution in [0.25, 0.3) is 0 Å². The van der Waals surface area contributed by atoms with Crippen LogP contribution in [0.5, 0.6) is 0 Å². The number of Topliss-reactive ketones (excluding diaryl/α,β-unsaturated/α-hetero) is 2. The number of aliphatic hydroxyl groups excluding tert-OH is 2. The van der Waals surface area contributed by atoms with Crippen LogP contribution < -0.4 is 0 Å². The van der Waals surface area contributed by atoms with Gasteiger partial charge >= 0.3 is 7.82 Å². The second-order valence-corrected chi connectivity index (χ2v) is 5.47. The average molecular weight is 465 g/mol. The van der Waals surface area contributed by atoms with Crippen molar-refractivity contribution in [3.63, 3.8) is 0 Å². The summed E-state index contributed by atoms with van der Waals surface area (Å²) in [6.07, 6.45) is 5.43. The summed E-state index contributed by atoms with van der Waals surface area (Å²) in [6, 6.07) is 0. The van der Waals surface area contributed by atoms with Crippen molar-refractivity contribution in [2.24, 2.45) is 5.92 Å². The minimum absolute atomic E-state index is 0. The zero-order chi connectivity index (χ0) is 20.2. The standard InChI is InChI=1S/C6H7O3.2C4H10O.H3O4P.Zr/c1-4(8)6(3-7)5(2)9;2*1-2-3-4-5;1-5(2,3)4;/h6H,1-2H3;2*5H,2-4H2,1H3;(H3,1,2,3,4);/q-1;;;;. The van der Waals surface area contributed by atoms with Crippen molar-refractivity contribution in [3.8, 4) is 0 Å². The number of hydrogen-bond donors (Lipinski definition) is 5. The fourth-order valence-corrected chi connectivity index (χ4v) is 0.768. The van der Waals surface area contributed by atoms with Crippen LogP contribution in [0.1, 0.15) is 53.4 Å². The van der Waals surface area contributed by atoms with Crippen LogP contribution in [0.4, 0.5) is 0 Å². The van der Waals surface area contributed by atoms with Gasteiger partial charge in [0.15, 0.2) is 0 Å². The molecule has 5 N–H and O–H groups in total. The van der Waals surface area contributed by atoms with Gasteiger partial charge in [-0.2, -0.15) is 0 Å². The largest absolute Gasteiger partial charge is 0.541 e. The van der Waals surface area contributed by atoms with Crippen LogP contribution in [0.3, 0.4) is 0 Å². The molecule has 0 aliphatic rings. The van der Waals surface area contributed by atoms with Crippen LogP contribution in [0.15, 0.2) is 0 Å². The van der Waals surface area contributed by atoms with Gasteiger partial charge in [0.05, 0.1) is 0 Å². The topological polar surface area (TPSA) is 169 Å². The van der Waals surface area contributed by atoms with Crippen molar-refractivity contribution in [2.45, 2.75) is 53.4 Å². The predicted molar refractivity (Wildman–Crippen MR) is 88.8 cm³/mol. The van der Waals surface area contributed by atoms with Gasteiger partial charge in [-0.25, -0.2) is 10.9 Å². The van der Waals surface area contributed by atoms with E-state index in [-0.39, 0.29) is 26.2 Å². The molecule has 0 saturated heterocycles. The molecule has 0 fully saturated rings. The van der Waals surface area contributed by atoms with Gasteiger partial charge in [0, 0.05) is 39.4 Å². The summed E-state index contributed by atoms with van der Waals surface area (Å²) in [7, 11) is -4.64. The molecule has 25 heavy (non-hydrogen) atoms. The molecule has 0 aromatic rings. The van der Waals surface area contributed by atoms with Crippen molar-refractivity contribution < 1.29 is 70.0 Å². The molecule has 0 spiro atoms. The monoisotopic (exact) mass is 463 g/mol. The van der Waals surface area contributed by atoms with Crippen LogP contribution >= 0.6 is 7.82 Å². The van der Waals surface area contributed by atoms with E-state index in [1.165, 1.54) is 20.1 Å². The van der Waals surface area contributed by atoms with Gasteiger partial charge in [-0.3, -0.25) is 0 Å². The summed E-state index contributed by atoms with van der Waals surface area (Å²) in [6.45, 7) is 7.17. The molecule has 0 radical (unpaired) electrons. The summed E-state index contributed by atoms with van der Waals surface area (Å²) < 4.78 is 8.88. The van der Waals surface area contributed by atoms with E-state index in [2.05, 4.69) is 13.8 Å². The van der Waals surface area contributed by atoms with Crippen molar-refractivity contribution in [3.05, 3.63) is 0 Å². The number of ketones is 2. The smallest absolute Gasteiger partial charge is 0.466 e. The second kappa shape index (κ2) is 26.2. The maximum atomic E-state index is 10.3. The van der Waals surface area contributed by atoms with E-state index in [9.17, 15) is 14.4 Å². The van der Waals surface area contributed by atoms with Gasteiger partial charge in [0.1, 0.15) is 11.6 Å². The number of carbonyl (C=O) groups excluding carboxylic acids is 3. The SMILES string of the molecule is CC(=O)C([C-]=O)C(C)=O.CCCCO.CCCCO.O=P(O)(O)O.[Zr]. The molecular weight excluding hydrogens is 434 g/mol. The number of unbranched alkanes of at least 4 members (excludes halogenated alkanes) is 2. The molecule has 0 atom stereocenters. The first-order valence-electron chi connectivity index (χ1n) is 7.31. The Kier molecular flexibility index (Phi) is 37.6. The van der Waals surface area contributed by atoms with Crippen molar-refractivity contribution in [1.82, 2.24) is 0 Å². The number of hydrogen-bond acceptors (Lipinski definition) is 6. The number of rotatable bonds is 7. The maximum Gasteiger partial charge on any atom is 0.466 e. The Hall–Kier alpha value is -0.0769. The van der Waals surface area contributed by atoms with E-state index < -0.39 is 25.3 Å². The predicted octanol–water partition coefficient (Wildman–Crippen LogP) is 0.517. The molecule has 9 nitrogen and oxygen atoms in total. The number of carbonyl (C=O) groups is 2. The minimum Gasteiger partial charge on any atom is -0.541 e. The molecule has 150 valence electrons. The van der Waals surface area contributed by atoms with E-state index >= 15 is 0 Å². The Morgan fingerprint density at radius 3 is 1.16 bits per heavy atom. The molecule has 0 aromatic heterocycles. The fourth-order valence-electron chi connectivity index (χ4n) is 0.768. The van der Waals surface area contributed by atoms with E-state index in [0.717, 1.165) is 25.7 Å². The summed E-state index contributed by atoms with van der Waals surface area (Å²) in [5.41, 5.74) is 0. The van der Waals surface area contributed by atoms with Gasteiger partial charge in [0.25, 0.3) is 0 Å². The Morgan fingerprint density at radius 2 is 1.16 bits per heavy atom. The summed E-state index contributed by atoms with van der Waals surface area (Å²) in [4.78, 5) is 52.0. The van der Waals surface area contributed by atoms with Crippen molar-refractivity contribution in [1.29, 1.82) is 0 Å². The third-order valence-electron chi connectivity index (χ3n) is 1.95. The third-order valence-corrected chi connectivity index (χ3v) is 1.95. The Labute approximate surface area is 168 Å². The third kappa shape index (κ3) is 59.3. The summed E-state index contributed by atoms with van der Waals surface area (Å²) in [5, 5.41) is 16.1. The van der Waals surface area contributed by atoms with E-state index in [4.69, 9.17) is 29.5 Å². The first-order valence-corrected chi connectivity index (χ1v) is 8.87. The zero-order valence-corrected chi connectivity index (χ0v) is 18.5. The summed E-state index contributed by atoms with van der Waals surface area (Å²) in [5.74, 6) is -2.06. The second-order valence-electron chi connectivity index (χ2n) is 4.44. The normalized spacial score (nSPS) is 9.04. The van der Waals surface area contributed by atoms with E-state index in [0.29, 0.717) is 13.2 Å². The molecule has 11 heteroatoms. The van der Waals surface area contributed by atoms with E-state index in [1.54, 1.807) is 0 Å². The Bertz CT molecular complexity index is 326. The molecule has 0 unspecified atom stereocenters. The van der Waals surface area contributed by atoms with Crippen LogP contribution in [0, 0.1) is 5.92 Å². The molecule has 0 bridgehead atoms. The number of phosphoric acid groups is 1. The molecule has 0 aromatic carbocycles. The molecule has 0 rings (SSSR count). The Balaban J connectivity index is -0.0000000733. The maximum absolute atomic E-state index is 10.3. The van der Waals surface area contributed by atoms with Gasteiger partial charge in [0.2, 0.25) is 0 Å². The molecule has 0 amide bonds. The van der Waals surface area contributed by atoms with Crippen LogP contribution in [-0.4, -0.2) is 56.0 Å². The summed E-state index contributed by atoms with van der Waals surface area (Å²) >= 11 is 0. The minimum atomic E-state index is -4.64.